The van der Waals surface area contributed by atoms with Crippen LogP contribution in [0.3, 0.4) is 0 Å². The van der Waals surface area contributed by atoms with Gasteiger partial charge < -0.3 is 19.5 Å². The Balaban J connectivity index is 0.00000264. The molecule has 1 N–H and O–H groups in total. The number of para-hydroxylation sites is 1. The van der Waals surface area contributed by atoms with Gasteiger partial charge in [0.2, 0.25) is 0 Å². The lowest BCUT2D eigenvalue weighted by Gasteiger charge is -2.22. The molecule has 0 saturated heterocycles. The summed E-state index contributed by atoms with van der Waals surface area (Å²) in [6, 6.07) is 9.82. The summed E-state index contributed by atoms with van der Waals surface area (Å²) < 4.78 is 10.6. The number of ether oxygens (including phenoxy) is 1. The summed E-state index contributed by atoms with van der Waals surface area (Å²) in [4.78, 5) is 6.26. The molecular weight excluding hydrogens is 407 g/mol. The Morgan fingerprint density at radius 3 is 2.78 bits per heavy atom. The van der Waals surface area contributed by atoms with Crippen LogP contribution in [0.5, 0.6) is 5.75 Å². The van der Waals surface area contributed by atoms with Crippen molar-refractivity contribution in [3.63, 3.8) is 0 Å². The fourth-order valence-electron chi connectivity index (χ4n) is 2.00. The predicted molar refractivity (Wildman–Crippen MR) is 101 cm³/mol. The third-order valence-corrected chi connectivity index (χ3v) is 3.27. The van der Waals surface area contributed by atoms with Gasteiger partial charge in [0.15, 0.2) is 5.96 Å². The molecule has 0 saturated carbocycles. The lowest BCUT2D eigenvalue weighted by atomic mass is 10.2. The maximum Gasteiger partial charge on any atom is 0.193 e. The monoisotopic (exact) mass is 430 g/mol. The normalized spacial score (nSPS) is 10.8. The SMILES string of the molecule is CN=C(NCc1ccon1)N(C)CCOc1ccccc1C.I. The molecule has 2 aromatic rings. The number of guanidine groups is 1. The maximum absolute atomic E-state index is 5.80. The first-order valence-corrected chi connectivity index (χ1v) is 7.20. The van der Waals surface area contributed by atoms with Crippen molar-refractivity contribution in [2.45, 2.75) is 13.5 Å². The number of aliphatic imine (C=N–C) groups is 1. The number of rotatable bonds is 6. The Bertz CT molecular complexity index is 602. The van der Waals surface area contributed by atoms with Crippen molar-refractivity contribution in [3.8, 4) is 5.75 Å². The molecular formula is C16H23IN4O2. The van der Waals surface area contributed by atoms with Crippen molar-refractivity contribution in [2.75, 3.05) is 27.2 Å². The van der Waals surface area contributed by atoms with Crippen molar-refractivity contribution < 1.29 is 9.26 Å². The van der Waals surface area contributed by atoms with Crippen molar-refractivity contribution in [3.05, 3.63) is 47.9 Å². The van der Waals surface area contributed by atoms with Crippen molar-refractivity contribution in [1.29, 1.82) is 0 Å². The van der Waals surface area contributed by atoms with E-state index in [0.717, 1.165) is 29.5 Å². The highest BCUT2D eigenvalue weighted by molar-refractivity contribution is 14.0. The van der Waals surface area contributed by atoms with E-state index in [0.29, 0.717) is 13.2 Å². The Morgan fingerprint density at radius 2 is 2.13 bits per heavy atom. The largest absolute Gasteiger partial charge is 0.491 e. The first-order chi connectivity index (χ1) is 10.7. The van der Waals surface area contributed by atoms with Gasteiger partial charge in [-0.15, -0.1) is 24.0 Å². The number of halogens is 1. The zero-order valence-corrected chi connectivity index (χ0v) is 16.0. The Kier molecular flexibility index (Phi) is 8.46. The van der Waals surface area contributed by atoms with E-state index >= 15 is 0 Å². The molecule has 0 radical (unpaired) electrons. The van der Waals surface area contributed by atoms with Crippen LogP contribution in [0, 0.1) is 6.92 Å². The molecule has 2 rings (SSSR count). The second kappa shape index (κ2) is 10.1. The van der Waals surface area contributed by atoms with Gasteiger partial charge in [0.05, 0.1) is 13.1 Å². The van der Waals surface area contributed by atoms with Gasteiger partial charge in [0, 0.05) is 20.2 Å². The lowest BCUT2D eigenvalue weighted by molar-refractivity contribution is 0.279. The molecule has 0 aliphatic rings. The number of nitrogens with one attached hydrogen (secondary N) is 1. The van der Waals surface area contributed by atoms with E-state index in [4.69, 9.17) is 9.26 Å². The number of aryl methyl sites for hydroxylation is 1. The molecule has 0 spiro atoms. The summed E-state index contributed by atoms with van der Waals surface area (Å²) in [5.41, 5.74) is 1.98. The van der Waals surface area contributed by atoms with E-state index < -0.39 is 0 Å². The van der Waals surface area contributed by atoms with Gasteiger partial charge in [-0.05, 0) is 18.6 Å². The van der Waals surface area contributed by atoms with Crippen LogP contribution in [0.4, 0.5) is 0 Å². The lowest BCUT2D eigenvalue weighted by Crippen LogP contribution is -2.40. The summed E-state index contributed by atoms with van der Waals surface area (Å²) in [5.74, 6) is 1.71. The van der Waals surface area contributed by atoms with Crippen LogP contribution in [0.15, 0.2) is 46.1 Å². The van der Waals surface area contributed by atoms with Crippen molar-refractivity contribution in [2.24, 2.45) is 4.99 Å². The van der Waals surface area contributed by atoms with E-state index in [-0.39, 0.29) is 24.0 Å². The minimum Gasteiger partial charge on any atom is -0.491 e. The number of nitrogens with zero attached hydrogens (tertiary/aromatic N) is 3. The van der Waals surface area contributed by atoms with Gasteiger partial charge in [0.1, 0.15) is 24.3 Å². The quantitative estimate of drug-likeness (QED) is 0.434. The second-order valence-electron chi connectivity index (χ2n) is 4.93. The fourth-order valence-corrected chi connectivity index (χ4v) is 2.00. The summed E-state index contributed by atoms with van der Waals surface area (Å²) in [6.07, 6.45) is 1.56. The molecule has 0 bridgehead atoms. The van der Waals surface area contributed by atoms with Gasteiger partial charge in [-0.1, -0.05) is 23.4 Å². The third-order valence-electron chi connectivity index (χ3n) is 3.27. The Labute approximate surface area is 153 Å². The minimum atomic E-state index is 0. The predicted octanol–water partition coefficient (Wildman–Crippen LogP) is 2.69. The fraction of sp³-hybridized carbons (Fsp3) is 0.375. The molecule has 1 heterocycles. The van der Waals surface area contributed by atoms with Crippen LogP contribution in [0.1, 0.15) is 11.3 Å². The number of aromatic nitrogens is 1. The van der Waals surface area contributed by atoms with Crippen LogP contribution in [0.2, 0.25) is 0 Å². The highest BCUT2D eigenvalue weighted by Crippen LogP contribution is 2.15. The summed E-state index contributed by atoms with van der Waals surface area (Å²) in [7, 11) is 3.73. The molecule has 0 aliphatic carbocycles. The molecule has 0 unspecified atom stereocenters. The highest BCUT2D eigenvalue weighted by Gasteiger charge is 2.07. The van der Waals surface area contributed by atoms with Gasteiger partial charge in [-0.3, -0.25) is 4.99 Å². The first-order valence-electron chi connectivity index (χ1n) is 7.20. The summed E-state index contributed by atoms with van der Waals surface area (Å²) >= 11 is 0. The van der Waals surface area contributed by atoms with Crippen molar-refractivity contribution in [1.82, 2.24) is 15.4 Å². The van der Waals surface area contributed by atoms with Gasteiger partial charge in [0.25, 0.3) is 0 Å². The van der Waals surface area contributed by atoms with Crippen LogP contribution in [-0.2, 0) is 6.54 Å². The summed E-state index contributed by atoms with van der Waals surface area (Å²) in [5, 5.41) is 7.09. The molecule has 0 atom stereocenters. The number of hydrogen-bond donors (Lipinski definition) is 1. The number of hydrogen-bond acceptors (Lipinski definition) is 4. The summed E-state index contributed by atoms with van der Waals surface area (Å²) in [6.45, 7) is 3.93. The zero-order chi connectivity index (χ0) is 15.8. The number of likely N-dealkylation sites (N-methyl/N-ethyl adjacent to an activating group) is 1. The molecule has 0 aliphatic heterocycles. The molecule has 1 aromatic heterocycles. The van der Waals surface area contributed by atoms with Crippen LogP contribution in [0.25, 0.3) is 0 Å². The second-order valence-corrected chi connectivity index (χ2v) is 4.93. The molecule has 126 valence electrons. The van der Waals surface area contributed by atoms with Gasteiger partial charge in [-0.2, -0.15) is 0 Å². The smallest absolute Gasteiger partial charge is 0.193 e. The maximum atomic E-state index is 5.80. The van der Waals surface area contributed by atoms with E-state index in [1.54, 1.807) is 13.3 Å². The third kappa shape index (κ3) is 6.09. The van der Waals surface area contributed by atoms with Gasteiger partial charge in [-0.25, -0.2) is 0 Å². The average Bonchev–Trinajstić information content (AvgIpc) is 3.03. The van der Waals surface area contributed by atoms with E-state index in [1.807, 2.05) is 49.2 Å². The molecule has 6 nitrogen and oxygen atoms in total. The first kappa shape index (κ1) is 19.3. The minimum absolute atomic E-state index is 0. The van der Waals surface area contributed by atoms with E-state index in [9.17, 15) is 0 Å². The zero-order valence-electron chi connectivity index (χ0n) is 13.7. The highest BCUT2D eigenvalue weighted by atomic mass is 127. The standard InChI is InChI=1S/C16H22N4O2.HI/c1-13-6-4-5-7-15(13)21-11-9-20(3)16(17-2)18-12-14-8-10-22-19-14;/h4-8,10H,9,11-12H2,1-3H3,(H,17,18);1H. The number of benzene rings is 1. The van der Waals surface area contributed by atoms with E-state index in [2.05, 4.69) is 15.5 Å². The molecule has 7 heteroatoms. The van der Waals surface area contributed by atoms with Crippen LogP contribution >= 0.6 is 24.0 Å². The Morgan fingerprint density at radius 1 is 1.35 bits per heavy atom. The Hall–Kier alpha value is -1.77. The van der Waals surface area contributed by atoms with E-state index in [1.165, 1.54) is 0 Å². The van der Waals surface area contributed by atoms with Crippen LogP contribution < -0.4 is 10.1 Å². The molecule has 23 heavy (non-hydrogen) atoms. The molecule has 1 aromatic carbocycles. The average molecular weight is 430 g/mol. The van der Waals surface area contributed by atoms with Gasteiger partial charge >= 0.3 is 0 Å². The van der Waals surface area contributed by atoms with Crippen molar-refractivity contribution >= 4 is 29.9 Å². The van der Waals surface area contributed by atoms with Crippen LogP contribution in [-0.4, -0.2) is 43.3 Å². The topological polar surface area (TPSA) is 62.9 Å². The molecule has 0 fully saturated rings. The molecule has 0 amide bonds.